The summed E-state index contributed by atoms with van der Waals surface area (Å²) < 4.78 is 0.994. The average Bonchev–Trinajstić information content (AvgIpc) is 2.81. The highest BCUT2D eigenvalue weighted by Gasteiger charge is 2.41. The third kappa shape index (κ3) is 6.84. The molecule has 2 amide bonds. The van der Waals surface area contributed by atoms with Crippen molar-refractivity contribution in [1.82, 2.24) is 20.0 Å². The lowest BCUT2D eigenvalue weighted by molar-refractivity contribution is -0.135. The molecule has 3 aliphatic rings. The second-order valence-corrected chi connectivity index (χ2v) is 11.5. The molecule has 2 unspecified atom stereocenters. The normalized spacial score (nSPS) is 25.8. The van der Waals surface area contributed by atoms with E-state index < -0.39 is 0 Å². The minimum atomic E-state index is -0.0419. The molecular weight excluding hydrogens is 500 g/mol. The van der Waals surface area contributed by atoms with Crippen LogP contribution in [0.25, 0.3) is 6.08 Å². The molecule has 8 heteroatoms. The summed E-state index contributed by atoms with van der Waals surface area (Å²) >= 11 is 5.22. The smallest absolute Gasteiger partial charge is 0.261 e. The number of halogens is 1. The Kier molecular flexibility index (Phi) is 8.91. The number of likely N-dealkylation sites (N-methyl/N-ethyl adjacent to an activating group) is 1. The minimum Gasteiger partial charge on any atom is -0.355 e. The molecule has 33 heavy (non-hydrogen) atoms. The Morgan fingerprint density at radius 1 is 1.21 bits per heavy atom. The van der Waals surface area contributed by atoms with E-state index >= 15 is 0 Å². The molecule has 180 valence electrons. The SMILES string of the molecule is CN1CCN(CCCNC(=O)CN2C(=O)/C(=C\c3cccc(Br)c3)SC3CCCCC32)CC1. The lowest BCUT2D eigenvalue weighted by Crippen LogP contribution is -2.54. The highest BCUT2D eigenvalue weighted by atomic mass is 79.9. The molecule has 0 aromatic heterocycles. The molecule has 2 aliphatic heterocycles. The molecule has 2 heterocycles. The van der Waals surface area contributed by atoms with Crippen molar-refractivity contribution in [3.8, 4) is 0 Å². The number of hydrogen-bond acceptors (Lipinski definition) is 5. The fraction of sp³-hybridized carbons (Fsp3) is 0.600. The molecule has 4 rings (SSSR count). The summed E-state index contributed by atoms with van der Waals surface area (Å²) in [6.07, 6.45) is 7.33. The van der Waals surface area contributed by atoms with Gasteiger partial charge in [0.15, 0.2) is 0 Å². The van der Waals surface area contributed by atoms with Gasteiger partial charge in [-0.1, -0.05) is 40.9 Å². The van der Waals surface area contributed by atoms with Gasteiger partial charge >= 0.3 is 0 Å². The van der Waals surface area contributed by atoms with E-state index in [1.54, 1.807) is 11.8 Å². The molecule has 1 aromatic carbocycles. The Morgan fingerprint density at radius 3 is 2.79 bits per heavy atom. The molecule has 1 N–H and O–H groups in total. The number of nitrogens with one attached hydrogen (secondary N) is 1. The molecule has 1 aromatic rings. The molecule has 2 atom stereocenters. The van der Waals surface area contributed by atoms with Gasteiger partial charge in [-0.3, -0.25) is 9.59 Å². The second-order valence-electron chi connectivity index (χ2n) is 9.35. The molecule has 3 fully saturated rings. The highest BCUT2D eigenvalue weighted by Crippen LogP contribution is 2.42. The fourth-order valence-corrected chi connectivity index (χ4v) is 6.81. The molecule has 6 nitrogen and oxygen atoms in total. The van der Waals surface area contributed by atoms with E-state index in [1.165, 1.54) is 6.42 Å². The van der Waals surface area contributed by atoms with E-state index in [0.29, 0.717) is 11.8 Å². The number of rotatable bonds is 7. The number of benzene rings is 1. The molecule has 2 saturated heterocycles. The van der Waals surface area contributed by atoms with E-state index in [9.17, 15) is 9.59 Å². The van der Waals surface area contributed by atoms with Crippen LogP contribution in [0.3, 0.4) is 0 Å². The van der Waals surface area contributed by atoms with Crippen LogP contribution in [-0.2, 0) is 9.59 Å². The van der Waals surface area contributed by atoms with Crippen molar-refractivity contribution in [2.75, 3.05) is 52.9 Å². The topological polar surface area (TPSA) is 55.9 Å². The maximum atomic E-state index is 13.4. The van der Waals surface area contributed by atoms with Crippen molar-refractivity contribution >= 4 is 45.6 Å². The van der Waals surface area contributed by atoms with Gasteiger partial charge in [-0.05, 0) is 56.6 Å². The molecular formula is C25H35BrN4O2S. The number of thioether (sulfide) groups is 1. The predicted octanol–water partition coefficient (Wildman–Crippen LogP) is 3.43. The zero-order chi connectivity index (χ0) is 23.2. The Morgan fingerprint density at radius 2 is 2.00 bits per heavy atom. The number of amides is 2. The zero-order valence-corrected chi connectivity index (χ0v) is 21.9. The fourth-order valence-electron chi connectivity index (χ4n) is 4.92. The van der Waals surface area contributed by atoms with E-state index in [2.05, 4.69) is 38.1 Å². The summed E-state index contributed by atoms with van der Waals surface area (Å²) in [5.41, 5.74) is 1.00. The zero-order valence-electron chi connectivity index (χ0n) is 19.5. The van der Waals surface area contributed by atoms with Crippen LogP contribution in [-0.4, -0.2) is 90.7 Å². The molecule has 1 aliphatic carbocycles. The summed E-state index contributed by atoms with van der Waals surface area (Å²) in [6.45, 7) is 6.25. The van der Waals surface area contributed by atoms with E-state index in [1.807, 2.05) is 35.2 Å². The predicted molar refractivity (Wildman–Crippen MR) is 139 cm³/mol. The Balaban J connectivity index is 1.34. The Bertz CT molecular complexity index is 872. The van der Waals surface area contributed by atoms with Crippen molar-refractivity contribution in [1.29, 1.82) is 0 Å². The van der Waals surface area contributed by atoms with Crippen LogP contribution >= 0.6 is 27.7 Å². The van der Waals surface area contributed by atoms with Crippen LogP contribution in [0.5, 0.6) is 0 Å². The standard InChI is InChI=1S/C25H35BrN4O2S/c1-28-12-14-29(15-13-28)11-5-10-27-24(31)18-30-21-8-2-3-9-22(21)33-23(25(30)32)17-19-6-4-7-20(26)16-19/h4,6-7,16-17,21-22H,2-3,5,8-15,18H2,1H3,(H,27,31)/b23-17+. The van der Waals surface area contributed by atoms with Gasteiger partial charge in [0.1, 0.15) is 6.54 Å². The van der Waals surface area contributed by atoms with Crippen molar-refractivity contribution < 1.29 is 9.59 Å². The van der Waals surface area contributed by atoms with Gasteiger partial charge in [-0.25, -0.2) is 0 Å². The number of hydrogen-bond donors (Lipinski definition) is 1. The van der Waals surface area contributed by atoms with Crippen LogP contribution in [0.15, 0.2) is 33.6 Å². The van der Waals surface area contributed by atoms with Gasteiger partial charge in [0.05, 0.1) is 4.91 Å². The lowest BCUT2D eigenvalue weighted by atomic mass is 9.93. The van der Waals surface area contributed by atoms with Gasteiger partial charge in [0, 0.05) is 48.5 Å². The van der Waals surface area contributed by atoms with Crippen molar-refractivity contribution in [2.24, 2.45) is 0 Å². The number of nitrogens with zero attached hydrogens (tertiary/aromatic N) is 3. The van der Waals surface area contributed by atoms with E-state index in [-0.39, 0.29) is 24.4 Å². The van der Waals surface area contributed by atoms with Gasteiger partial charge in [-0.15, -0.1) is 11.8 Å². The number of piperazine rings is 1. The third-order valence-corrected chi connectivity index (χ3v) is 8.74. The van der Waals surface area contributed by atoms with Crippen LogP contribution in [0.1, 0.15) is 37.7 Å². The lowest BCUT2D eigenvalue weighted by Gasteiger charge is -2.43. The first-order chi connectivity index (χ1) is 16.0. The maximum Gasteiger partial charge on any atom is 0.261 e. The summed E-state index contributed by atoms with van der Waals surface area (Å²) in [7, 11) is 2.16. The summed E-state index contributed by atoms with van der Waals surface area (Å²) in [5.74, 6) is -0.0459. The van der Waals surface area contributed by atoms with Crippen LogP contribution in [0, 0.1) is 0 Å². The first kappa shape index (κ1) is 24.8. The summed E-state index contributed by atoms with van der Waals surface area (Å²) in [5, 5.41) is 3.44. The molecule has 0 radical (unpaired) electrons. The van der Waals surface area contributed by atoms with Gasteiger partial charge < -0.3 is 20.0 Å². The molecule has 0 bridgehead atoms. The van der Waals surface area contributed by atoms with Crippen LogP contribution in [0.2, 0.25) is 0 Å². The van der Waals surface area contributed by atoms with Gasteiger partial charge in [0.25, 0.3) is 5.91 Å². The third-order valence-electron chi connectivity index (χ3n) is 6.85. The van der Waals surface area contributed by atoms with Crippen molar-refractivity contribution in [3.63, 3.8) is 0 Å². The van der Waals surface area contributed by atoms with Crippen LogP contribution in [0.4, 0.5) is 0 Å². The summed E-state index contributed by atoms with van der Waals surface area (Å²) in [4.78, 5) is 33.6. The number of carbonyl (C=O) groups excluding carboxylic acids is 2. The first-order valence-corrected chi connectivity index (χ1v) is 13.8. The van der Waals surface area contributed by atoms with E-state index in [4.69, 9.17) is 0 Å². The largest absolute Gasteiger partial charge is 0.355 e. The Hall–Kier alpha value is -1.35. The number of carbonyl (C=O) groups is 2. The van der Waals surface area contributed by atoms with Gasteiger partial charge in [0.2, 0.25) is 5.91 Å². The van der Waals surface area contributed by atoms with Gasteiger partial charge in [-0.2, -0.15) is 0 Å². The minimum absolute atomic E-state index is 0.00397. The van der Waals surface area contributed by atoms with Crippen LogP contribution < -0.4 is 5.32 Å². The highest BCUT2D eigenvalue weighted by molar-refractivity contribution is 9.10. The Labute approximate surface area is 210 Å². The summed E-state index contributed by atoms with van der Waals surface area (Å²) in [6, 6.07) is 8.15. The molecule has 1 saturated carbocycles. The van der Waals surface area contributed by atoms with Crippen molar-refractivity contribution in [3.05, 3.63) is 39.2 Å². The first-order valence-electron chi connectivity index (χ1n) is 12.1. The van der Waals surface area contributed by atoms with E-state index in [0.717, 1.165) is 73.3 Å². The monoisotopic (exact) mass is 534 g/mol. The quantitative estimate of drug-likeness (QED) is 0.429. The maximum absolute atomic E-state index is 13.4. The average molecular weight is 536 g/mol. The van der Waals surface area contributed by atoms with Crippen molar-refractivity contribution in [2.45, 2.75) is 43.4 Å². The second kappa shape index (κ2) is 11.9. The number of fused-ring (bicyclic) bond motifs is 1. The molecule has 0 spiro atoms.